The number of aromatic hydroxyl groups is 1. The first-order valence-electron chi connectivity index (χ1n) is 12.8. The first-order chi connectivity index (χ1) is 19.5. The quantitative estimate of drug-likeness (QED) is 0.240. The average Bonchev–Trinajstić information content (AvgIpc) is 3.32. The van der Waals surface area contributed by atoms with Gasteiger partial charge >= 0.3 is 0 Å². The van der Waals surface area contributed by atoms with Gasteiger partial charge in [-0.25, -0.2) is 4.68 Å². The van der Waals surface area contributed by atoms with Crippen LogP contribution < -0.4 is 25.4 Å². The third-order valence-corrected chi connectivity index (χ3v) is 7.10. The maximum Gasteiger partial charge on any atom is 0.269 e. The molecule has 4 aromatic rings. The lowest BCUT2D eigenvalue weighted by atomic mass is 10.0. The van der Waals surface area contributed by atoms with Crippen LogP contribution in [-0.2, 0) is 11.3 Å². The second kappa shape index (κ2) is 11.2. The van der Waals surface area contributed by atoms with Gasteiger partial charge in [-0.1, -0.05) is 48.5 Å². The van der Waals surface area contributed by atoms with Crippen molar-refractivity contribution < 1.29 is 19.4 Å². The Morgan fingerprint density at radius 1 is 1.10 bits per heavy atom. The number of nitrogens with one attached hydrogen (secondary N) is 3. The first kappa shape index (κ1) is 25.6. The van der Waals surface area contributed by atoms with Gasteiger partial charge in [-0.3, -0.25) is 4.79 Å². The van der Waals surface area contributed by atoms with Gasteiger partial charge in [0.05, 0.1) is 10.7 Å². The number of carbonyl (C=O) groups is 1. The average molecular weight is 600 g/mol. The summed E-state index contributed by atoms with van der Waals surface area (Å²) >= 11 is 3.56. The Morgan fingerprint density at radius 3 is 2.80 bits per heavy atom. The third-order valence-electron chi connectivity index (χ3n) is 6.52. The third kappa shape index (κ3) is 5.39. The number of carbonyl (C=O) groups excluding carboxylic acids is 1. The van der Waals surface area contributed by atoms with Crippen LogP contribution in [0.2, 0.25) is 0 Å². The molecule has 202 valence electrons. The smallest absolute Gasteiger partial charge is 0.269 e. The van der Waals surface area contributed by atoms with Crippen LogP contribution in [0.4, 0.5) is 11.5 Å². The van der Waals surface area contributed by atoms with Crippen LogP contribution >= 0.6 is 15.9 Å². The Balaban J connectivity index is 1.19. The number of para-hydroxylation sites is 3. The fourth-order valence-electron chi connectivity index (χ4n) is 4.55. The van der Waals surface area contributed by atoms with E-state index in [1.54, 1.807) is 29.1 Å². The Morgan fingerprint density at radius 2 is 1.93 bits per heavy atom. The molecule has 0 saturated heterocycles. The van der Waals surface area contributed by atoms with Crippen molar-refractivity contribution in [2.24, 2.45) is 0 Å². The molecule has 2 aliphatic rings. The molecule has 6 rings (SSSR count). The van der Waals surface area contributed by atoms with E-state index >= 15 is 0 Å². The summed E-state index contributed by atoms with van der Waals surface area (Å²) in [5.41, 5.74) is 3.17. The number of nitrogens with zero attached hydrogens (tertiary/aromatic N) is 2. The predicted octanol–water partition coefficient (Wildman–Crippen LogP) is 5.23. The number of halogens is 1. The molecule has 0 saturated carbocycles. The van der Waals surface area contributed by atoms with Crippen molar-refractivity contribution in [2.45, 2.75) is 12.6 Å². The van der Waals surface area contributed by atoms with E-state index in [1.165, 1.54) is 0 Å². The zero-order chi connectivity index (χ0) is 27.5. The molecule has 1 unspecified atom stereocenters. The number of phenolic OH excluding ortho intramolecular Hbond substituents is 1. The molecule has 10 heteroatoms. The molecule has 3 heterocycles. The zero-order valence-electron chi connectivity index (χ0n) is 21.3. The molecule has 4 N–H and O–H groups in total. The number of ether oxygens (including phenoxy) is 2. The van der Waals surface area contributed by atoms with E-state index in [9.17, 15) is 9.90 Å². The van der Waals surface area contributed by atoms with E-state index in [4.69, 9.17) is 9.47 Å². The maximum atomic E-state index is 12.9. The standard InChI is InChI=1S/C30H26BrN5O4/c31-23-17-34-36-28(15-20(12-13-32-29(23)36)22-8-1-2-9-24(22)37)33-16-19-6-5-7-21(14-19)35-30(38)27-18-39-25-10-3-4-11-26(25)40-27/h1-12,14-15,17,27,32-33,37H,13,16,18H2,(H,35,38)/b20-12-,28-15-. The summed E-state index contributed by atoms with van der Waals surface area (Å²) < 4.78 is 14.1. The van der Waals surface area contributed by atoms with Crippen molar-refractivity contribution in [3.63, 3.8) is 0 Å². The lowest BCUT2D eigenvalue weighted by Gasteiger charge is -2.25. The Hall–Kier alpha value is -4.70. The number of hydrogen-bond acceptors (Lipinski definition) is 7. The van der Waals surface area contributed by atoms with Crippen molar-refractivity contribution in [1.82, 2.24) is 15.1 Å². The molecular weight excluding hydrogens is 574 g/mol. The van der Waals surface area contributed by atoms with Crippen molar-refractivity contribution in [1.29, 1.82) is 0 Å². The summed E-state index contributed by atoms with van der Waals surface area (Å²) in [6, 6.07) is 22.1. The lowest BCUT2D eigenvalue weighted by Crippen LogP contribution is -2.40. The number of amides is 1. The number of phenols is 1. The van der Waals surface area contributed by atoms with Crippen LogP contribution in [0.15, 0.2) is 95.6 Å². The highest BCUT2D eigenvalue weighted by atomic mass is 79.9. The van der Waals surface area contributed by atoms with Gasteiger partial charge in [0.1, 0.15) is 24.0 Å². The van der Waals surface area contributed by atoms with E-state index < -0.39 is 6.10 Å². The number of rotatable bonds is 6. The van der Waals surface area contributed by atoms with E-state index in [1.807, 2.05) is 66.7 Å². The summed E-state index contributed by atoms with van der Waals surface area (Å²) in [7, 11) is 0. The van der Waals surface area contributed by atoms with E-state index in [2.05, 4.69) is 37.0 Å². The van der Waals surface area contributed by atoms with Crippen molar-refractivity contribution in [2.75, 3.05) is 23.8 Å². The van der Waals surface area contributed by atoms with Crippen LogP contribution in [0.1, 0.15) is 11.1 Å². The molecule has 0 fully saturated rings. The van der Waals surface area contributed by atoms with Crippen LogP contribution in [0.3, 0.4) is 0 Å². The van der Waals surface area contributed by atoms with Crippen LogP contribution in [0.25, 0.3) is 11.4 Å². The minimum Gasteiger partial charge on any atom is -0.507 e. The maximum absolute atomic E-state index is 12.9. The molecule has 1 amide bonds. The Labute approximate surface area is 239 Å². The normalized spacial score (nSPS) is 18.5. The molecule has 1 atom stereocenters. The number of aromatic nitrogens is 2. The second-order valence-electron chi connectivity index (χ2n) is 9.25. The van der Waals surface area contributed by atoms with Gasteiger partial charge in [-0.2, -0.15) is 5.10 Å². The lowest BCUT2D eigenvalue weighted by molar-refractivity contribution is -0.125. The van der Waals surface area contributed by atoms with Gasteiger partial charge in [-0.05, 0) is 63.5 Å². The van der Waals surface area contributed by atoms with Gasteiger partial charge in [0, 0.05) is 24.3 Å². The van der Waals surface area contributed by atoms with E-state index in [-0.39, 0.29) is 18.3 Å². The molecule has 1 aromatic heterocycles. The monoisotopic (exact) mass is 599 g/mol. The highest BCUT2D eigenvalue weighted by molar-refractivity contribution is 9.10. The van der Waals surface area contributed by atoms with Crippen LogP contribution in [0, 0.1) is 0 Å². The number of fused-ring (bicyclic) bond motifs is 2. The van der Waals surface area contributed by atoms with E-state index in [0.717, 1.165) is 27.0 Å². The minimum atomic E-state index is -0.749. The molecule has 0 aliphatic carbocycles. The highest BCUT2D eigenvalue weighted by Gasteiger charge is 2.27. The largest absolute Gasteiger partial charge is 0.507 e. The summed E-state index contributed by atoms with van der Waals surface area (Å²) in [6.45, 7) is 1.15. The fraction of sp³-hybridized carbons (Fsp3) is 0.133. The zero-order valence-corrected chi connectivity index (χ0v) is 22.9. The topological polar surface area (TPSA) is 110 Å². The van der Waals surface area contributed by atoms with Crippen LogP contribution in [0.5, 0.6) is 17.2 Å². The first-order valence-corrected chi connectivity index (χ1v) is 13.5. The minimum absolute atomic E-state index is 0.140. The number of benzene rings is 3. The number of anilines is 2. The number of hydrogen-bond donors (Lipinski definition) is 4. The molecule has 0 bridgehead atoms. The molecule has 9 nitrogen and oxygen atoms in total. The summed E-state index contributed by atoms with van der Waals surface area (Å²) in [4.78, 5) is 12.9. The SMILES string of the molecule is O=C(Nc1cccc(CN/C2=C/C(c3ccccc3O)=C/CNc3c(Br)cnn32)c1)C1COc2ccccc2O1. The van der Waals surface area contributed by atoms with Gasteiger partial charge in [-0.15, -0.1) is 0 Å². The van der Waals surface area contributed by atoms with Crippen LogP contribution in [-0.4, -0.2) is 40.0 Å². The fourth-order valence-corrected chi connectivity index (χ4v) is 4.95. The number of allylic oxidation sites excluding steroid dienone is 2. The molecule has 2 aliphatic heterocycles. The van der Waals surface area contributed by atoms with Gasteiger partial charge < -0.3 is 30.5 Å². The molecular formula is C30H26BrN5O4. The van der Waals surface area contributed by atoms with Gasteiger partial charge in [0.15, 0.2) is 11.5 Å². The highest BCUT2D eigenvalue weighted by Crippen LogP contribution is 2.32. The Kier molecular flexibility index (Phi) is 7.15. The second-order valence-corrected chi connectivity index (χ2v) is 10.1. The molecule has 3 aromatic carbocycles. The Bertz CT molecular complexity index is 1630. The van der Waals surface area contributed by atoms with E-state index in [0.29, 0.717) is 36.1 Å². The molecule has 40 heavy (non-hydrogen) atoms. The van der Waals surface area contributed by atoms with Crippen molar-refractivity contribution >= 4 is 44.7 Å². The van der Waals surface area contributed by atoms with Crippen molar-refractivity contribution in [3.8, 4) is 17.2 Å². The van der Waals surface area contributed by atoms with Gasteiger partial charge in [0.25, 0.3) is 5.91 Å². The predicted molar refractivity (Wildman–Crippen MR) is 157 cm³/mol. The summed E-state index contributed by atoms with van der Waals surface area (Å²) in [5.74, 6) is 2.62. The molecule has 0 spiro atoms. The summed E-state index contributed by atoms with van der Waals surface area (Å²) in [5, 5.41) is 24.8. The molecule has 0 radical (unpaired) electrons. The van der Waals surface area contributed by atoms with Gasteiger partial charge in [0.2, 0.25) is 6.10 Å². The van der Waals surface area contributed by atoms with Crippen molar-refractivity contribution in [3.05, 3.63) is 107 Å². The summed E-state index contributed by atoms with van der Waals surface area (Å²) in [6.07, 6.45) is 4.96.